The van der Waals surface area contributed by atoms with Gasteiger partial charge in [-0.3, -0.25) is 19.1 Å². The van der Waals surface area contributed by atoms with Gasteiger partial charge in [-0.15, -0.1) is 0 Å². The number of H-pyrrole nitrogens is 1. The number of hydrogen-bond acceptors (Lipinski definition) is 8. The molecule has 10 nitrogen and oxygen atoms in total. The van der Waals surface area contributed by atoms with E-state index >= 15 is 0 Å². The van der Waals surface area contributed by atoms with Crippen molar-refractivity contribution in [2.24, 2.45) is 11.7 Å². The first kappa shape index (κ1) is 17.9. The number of carbonyl (C=O) groups excluding carboxylic acids is 1. The SMILES string of the molecule is CC(C)[C@@](C)(N)C(=O)OCCOCn1cnc2c(=O)[nH]c(N)nc21. The number of anilines is 1. The van der Waals surface area contributed by atoms with E-state index in [-0.39, 0.29) is 37.3 Å². The Morgan fingerprint density at radius 2 is 2.17 bits per heavy atom. The summed E-state index contributed by atoms with van der Waals surface area (Å²) in [4.78, 5) is 33.9. The van der Waals surface area contributed by atoms with E-state index in [4.69, 9.17) is 20.9 Å². The molecular weight excluding hydrogens is 316 g/mol. The second-order valence-electron chi connectivity index (χ2n) is 5.95. The van der Waals surface area contributed by atoms with E-state index in [1.165, 1.54) is 10.9 Å². The molecule has 0 radical (unpaired) electrons. The average Bonchev–Trinajstić information content (AvgIpc) is 2.89. The van der Waals surface area contributed by atoms with E-state index in [0.29, 0.717) is 5.65 Å². The summed E-state index contributed by atoms with van der Waals surface area (Å²) in [5.74, 6) is -0.521. The highest BCUT2D eigenvalue weighted by molar-refractivity contribution is 5.80. The summed E-state index contributed by atoms with van der Waals surface area (Å²) >= 11 is 0. The molecule has 10 heteroatoms. The number of esters is 1. The molecule has 0 aromatic carbocycles. The number of fused-ring (bicyclic) bond motifs is 1. The van der Waals surface area contributed by atoms with Crippen molar-refractivity contribution in [3.8, 4) is 0 Å². The minimum absolute atomic E-state index is 0.000836. The summed E-state index contributed by atoms with van der Waals surface area (Å²) in [5.41, 5.74) is 10.5. The molecule has 0 amide bonds. The number of ether oxygens (including phenoxy) is 2. The lowest BCUT2D eigenvalue weighted by atomic mass is 9.90. The zero-order chi connectivity index (χ0) is 17.9. The van der Waals surface area contributed by atoms with Gasteiger partial charge >= 0.3 is 5.97 Å². The van der Waals surface area contributed by atoms with Crippen molar-refractivity contribution >= 4 is 23.1 Å². The Kier molecular flexibility index (Phi) is 5.20. The van der Waals surface area contributed by atoms with Crippen molar-refractivity contribution in [3.63, 3.8) is 0 Å². The van der Waals surface area contributed by atoms with Crippen molar-refractivity contribution < 1.29 is 14.3 Å². The lowest BCUT2D eigenvalue weighted by molar-refractivity contribution is -0.153. The van der Waals surface area contributed by atoms with Crippen LogP contribution in [0, 0.1) is 5.92 Å². The Bertz CT molecular complexity index is 779. The van der Waals surface area contributed by atoms with Crippen LogP contribution < -0.4 is 17.0 Å². The molecule has 0 unspecified atom stereocenters. The normalized spacial score (nSPS) is 14.0. The molecule has 1 atom stereocenters. The summed E-state index contributed by atoms with van der Waals surface area (Å²) in [7, 11) is 0. The van der Waals surface area contributed by atoms with Gasteiger partial charge in [-0.05, 0) is 12.8 Å². The minimum Gasteiger partial charge on any atom is -0.462 e. The third kappa shape index (κ3) is 3.71. The lowest BCUT2D eigenvalue weighted by Crippen LogP contribution is -2.50. The second kappa shape index (κ2) is 6.97. The zero-order valence-corrected chi connectivity index (χ0v) is 13.9. The molecule has 5 N–H and O–H groups in total. The largest absolute Gasteiger partial charge is 0.462 e. The highest BCUT2D eigenvalue weighted by Crippen LogP contribution is 2.14. The van der Waals surface area contributed by atoms with Gasteiger partial charge in [-0.25, -0.2) is 4.98 Å². The number of nitrogens with two attached hydrogens (primary N) is 2. The maximum Gasteiger partial charge on any atom is 0.326 e. The number of imidazole rings is 1. The number of nitrogen functional groups attached to an aromatic ring is 1. The van der Waals surface area contributed by atoms with Crippen molar-refractivity contribution in [2.75, 3.05) is 18.9 Å². The number of aromatic amines is 1. The van der Waals surface area contributed by atoms with Crippen LogP contribution in [0.1, 0.15) is 20.8 Å². The van der Waals surface area contributed by atoms with Gasteiger partial charge in [0, 0.05) is 0 Å². The fourth-order valence-electron chi connectivity index (χ4n) is 1.81. The number of nitrogens with zero attached hydrogens (tertiary/aromatic N) is 3. The Balaban J connectivity index is 1.86. The van der Waals surface area contributed by atoms with E-state index < -0.39 is 17.1 Å². The van der Waals surface area contributed by atoms with E-state index in [1.54, 1.807) is 6.92 Å². The third-order valence-electron chi connectivity index (χ3n) is 3.82. The smallest absolute Gasteiger partial charge is 0.326 e. The molecule has 0 saturated carbocycles. The van der Waals surface area contributed by atoms with Crippen molar-refractivity contribution in [3.05, 3.63) is 16.7 Å². The van der Waals surface area contributed by atoms with Gasteiger partial charge in [-0.2, -0.15) is 4.98 Å². The number of carbonyl (C=O) groups is 1. The highest BCUT2D eigenvalue weighted by atomic mass is 16.6. The van der Waals surface area contributed by atoms with Gasteiger partial charge in [0.15, 0.2) is 11.2 Å². The number of hydrogen-bond donors (Lipinski definition) is 3. The molecule has 0 aliphatic heterocycles. The Labute approximate surface area is 138 Å². The Morgan fingerprint density at radius 3 is 2.83 bits per heavy atom. The third-order valence-corrected chi connectivity index (χ3v) is 3.82. The predicted octanol–water partition coefficient (Wildman–Crippen LogP) is -0.407. The molecule has 0 aliphatic carbocycles. The topological polar surface area (TPSA) is 151 Å². The molecule has 24 heavy (non-hydrogen) atoms. The van der Waals surface area contributed by atoms with E-state index in [9.17, 15) is 9.59 Å². The molecule has 2 heterocycles. The van der Waals surface area contributed by atoms with Crippen LogP contribution in [0.5, 0.6) is 0 Å². The van der Waals surface area contributed by atoms with Crippen LogP contribution in [-0.4, -0.2) is 44.2 Å². The van der Waals surface area contributed by atoms with Gasteiger partial charge in [0.1, 0.15) is 18.9 Å². The maximum atomic E-state index is 11.9. The Morgan fingerprint density at radius 1 is 1.46 bits per heavy atom. The van der Waals surface area contributed by atoms with Crippen LogP contribution in [0.2, 0.25) is 0 Å². The lowest BCUT2D eigenvalue weighted by Gasteiger charge is -2.26. The van der Waals surface area contributed by atoms with Crippen molar-refractivity contribution in [1.29, 1.82) is 0 Å². The van der Waals surface area contributed by atoms with Gasteiger partial charge in [-0.1, -0.05) is 13.8 Å². The van der Waals surface area contributed by atoms with Crippen LogP contribution in [0.3, 0.4) is 0 Å². The molecule has 0 bridgehead atoms. The fourth-order valence-corrected chi connectivity index (χ4v) is 1.81. The summed E-state index contributed by atoms with van der Waals surface area (Å²) in [6, 6.07) is 0. The van der Waals surface area contributed by atoms with Crippen LogP contribution in [0.15, 0.2) is 11.1 Å². The van der Waals surface area contributed by atoms with E-state index in [1.807, 2.05) is 13.8 Å². The average molecular weight is 338 g/mol. The molecule has 2 rings (SSSR count). The quantitative estimate of drug-likeness (QED) is 0.455. The van der Waals surface area contributed by atoms with E-state index in [0.717, 1.165) is 0 Å². The maximum absolute atomic E-state index is 11.9. The highest BCUT2D eigenvalue weighted by Gasteiger charge is 2.33. The fraction of sp³-hybridized carbons (Fsp3) is 0.571. The first-order valence-electron chi connectivity index (χ1n) is 7.48. The van der Waals surface area contributed by atoms with Gasteiger partial charge in [0.25, 0.3) is 5.56 Å². The number of rotatable bonds is 7. The van der Waals surface area contributed by atoms with Crippen LogP contribution in [0.25, 0.3) is 11.2 Å². The predicted molar refractivity (Wildman–Crippen MR) is 86.9 cm³/mol. The summed E-state index contributed by atoms with van der Waals surface area (Å²) in [6.07, 6.45) is 1.42. The minimum atomic E-state index is -1.04. The number of nitrogens with one attached hydrogen (secondary N) is 1. The van der Waals surface area contributed by atoms with Gasteiger partial charge in [0.05, 0.1) is 12.9 Å². The molecule has 132 valence electrons. The molecule has 0 fully saturated rings. The Hall–Kier alpha value is -2.46. The van der Waals surface area contributed by atoms with Crippen LogP contribution in [0.4, 0.5) is 5.95 Å². The molecule has 2 aromatic heterocycles. The molecule has 0 spiro atoms. The first-order valence-corrected chi connectivity index (χ1v) is 7.48. The van der Waals surface area contributed by atoms with Crippen LogP contribution in [-0.2, 0) is 21.0 Å². The van der Waals surface area contributed by atoms with Crippen molar-refractivity contribution in [1.82, 2.24) is 19.5 Å². The first-order chi connectivity index (χ1) is 11.2. The zero-order valence-electron chi connectivity index (χ0n) is 13.9. The molecule has 0 saturated heterocycles. The second-order valence-corrected chi connectivity index (χ2v) is 5.95. The van der Waals surface area contributed by atoms with Crippen molar-refractivity contribution in [2.45, 2.75) is 33.0 Å². The monoisotopic (exact) mass is 338 g/mol. The molecule has 0 aliphatic rings. The van der Waals surface area contributed by atoms with Gasteiger partial charge in [0.2, 0.25) is 5.95 Å². The van der Waals surface area contributed by atoms with Crippen LogP contribution >= 0.6 is 0 Å². The van der Waals surface area contributed by atoms with E-state index in [2.05, 4.69) is 15.0 Å². The van der Waals surface area contributed by atoms with Gasteiger partial charge < -0.3 is 20.9 Å². The summed E-state index contributed by atoms with van der Waals surface area (Å²) in [5, 5.41) is 0. The summed E-state index contributed by atoms with van der Waals surface area (Å²) in [6.45, 7) is 5.66. The standard InChI is InChI=1S/C14H22N6O4/c1-8(2)14(3,16)12(22)24-5-4-23-7-20-6-17-9-10(20)18-13(15)19-11(9)21/h6,8H,4-5,7,16H2,1-3H3,(H3,15,18,19,21)/t14-/m1/s1. The summed E-state index contributed by atoms with van der Waals surface area (Å²) < 4.78 is 12.0. The number of aromatic nitrogens is 4. The molecule has 2 aromatic rings. The molecular formula is C14H22N6O4.